The van der Waals surface area contributed by atoms with Gasteiger partial charge in [0.15, 0.2) is 5.96 Å². The lowest BCUT2D eigenvalue weighted by molar-refractivity contribution is 0.594. The Labute approximate surface area is 138 Å². The van der Waals surface area contributed by atoms with Crippen molar-refractivity contribution >= 4 is 33.7 Å². The summed E-state index contributed by atoms with van der Waals surface area (Å²) in [6.45, 7) is 0.428. The molecule has 2 N–H and O–H groups in total. The quantitative estimate of drug-likeness (QED) is 0.625. The van der Waals surface area contributed by atoms with Gasteiger partial charge in [0.2, 0.25) is 0 Å². The van der Waals surface area contributed by atoms with Gasteiger partial charge in [0.05, 0.1) is 0 Å². The third kappa shape index (κ3) is 4.88. The molecule has 0 amide bonds. The van der Waals surface area contributed by atoms with E-state index in [1.165, 1.54) is 18.9 Å². The zero-order valence-electron chi connectivity index (χ0n) is 12.3. The van der Waals surface area contributed by atoms with Crippen LogP contribution in [0.25, 0.3) is 0 Å². The Hall–Kier alpha value is -0.750. The first-order chi connectivity index (χ1) is 10.1. The lowest BCUT2D eigenvalue weighted by atomic mass is 10.2. The monoisotopic (exact) mass is 373 g/mol. The van der Waals surface area contributed by atoms with Crippen LogP contribution in [0.2, 0.25) is 0 Å². The van der Waals surface area contributed by atoms with E-state index in [1.54, 1.807) is 13.1 Å². The molecule has 0 spiro atoms. The van der Waals surface area contributed by atoms with Crippen LogP contribution in [0.4, 0.5) is 4.39 Å². The van der Waals surface area contributed by atoms with Gasteiger partial charge in [-0.1, -0.05) is 22.0 Å². The Bertz CT molecular complexity index is 510. The first kappa shape index (κ1) is 16.6. The molecule has 2 atom stereocenters. The predicted molar refractivity (Wildman–Crippen MR) is 92.4 cm³/mol. The molecule has 21 heavy (non-hydrogen) atoms. The highest BCUT2D eigenvalue weighted by Crippen LogP contribution is 2.28. The fourth-order valence-corrected chi connectivity index (χ4v) is 3.65. The summed E-state index contributed by atoms with van der Waals surface area (Å²) in [4.78, 5) is 4.22. The van der Waals surface area contributed by atoms with Gasteiger partial charge in [0.1, 0.15) is 5.82 Å². The van der Waals surface area contributed by atoms with Crippen molar-refractivity contribution in [2.75, 3.05) is 13.3 Å². The van der Waals surface area contributed by atoms with Crippen molar-refractivity contribution in [3.05, 3.63) is 34.1 Å². The van der Waals surface area contributed by atoms with Crippen LogP contribution in [0.3, 0.4) is 0 Å². The number of nitrogens with zero attached hydrogens (tertiary/aromatic N) is 1. The maximum absolute atomic E-state index is 13.8. The van der Waals surface area contributed by atoms with Crippen LogP contribution >= 0.6 is 27.7 Å². The predicted octanol–water partition coefficient (Wildman–Crippen LogP) is 3.54. The lowest BCUT2D eigenvalue weighted by Gasteiger charge is -2.17. The molecule has 1 fully saturated rings. The van der Waals surface area contributed by atoms with Crippen LogP contribution in [-0.2, 0) is 6.54 Å². The van der Waals surface area contributed by atoms with Crippen molar-refractivity contribution < 1.29 is 4.39 Å². The maximum atomic E-state index is 13.8. The van der Waals surface area contributed by atoms with Crippen LogP contribution in [0.1, 0.15) is 24.8 Å². The smallest absolute Gasteiger partial charge is 0.191 e. The van der Waals surface area contributed by atoms with Gasteiger partial charge in [-0.2, -0.15) is 11.8 Å². The Balaban J connectivity index is 1.86. The summed E-state index contributed by atoms with van der Waals surface area (Å²) < 4.78 is 14.5. The molecule has 6 heteroatoms. The molecule has 3 nitrogen and oxygen atoms in total. The molecule has 2 unspecified atom stereocenters. The summed E-state index contributed by atoms with van der Waals surface area (Å²) in [5.41, 5.74) is 0.634. The number of halogens is 2. The van der Waals surface area contributed by atoms with Gasteiger partial charge in [-0.15, -0.1) is 0 Å². The van der Waals surface area contributed by atoms with Gasteiger partial charge >= 0.3 is 0 Å². The van der Waals surface area contributed by atoms with Gasteiger partial charge in [-0.3, -0.25) is 4.99 Å². The van der Waals surface area contributed by atoms with E-state index in [0.29, 0.717) is 18.2 Å². The minimum atomic E-state index is -0.212. The zero-order valence-corrected chi connectivity index (χ0v) is 14.7. The number of guanidine groups is 1. The van der Waals surface area contributed by atoms with E-state index in [9.17, 15) is 4.39 Å². The highest BCUT2D eigenvalue weighted by Gasteiger charge is 2.24. The summed E-state index contributed by atoms with van der Waals surface area (Å²) >= 11 is 5.19. The molecule has 1 aliphatic rings. The largest absolute Gasteiger partial charge is 0.354 e. The molecule has 1 aliphatic carbocycles. The molecular weight excluding hydrogens is 353 g/mol. The fraction of sp³-hybridized carbons (Fsp3) is 0.533. The standard InChI is InChI=1S/C15H21BrFN3S/c1-18-15(20-12-5-6-13(8-12)21-2)19-9-10-3-4-11(16)7-14(10)17/h3-4,7,12-13H,5-6,8-9H2,1-2H3,(H2,18,19,20). The number of rotatable bonds is 4. The average molecular weight is 374 g/mol. The van der Waals surface area contributed by atoms with Gasteiger partial charge in [0.25, 0.3) is 0 Å². The summed E-state index contributed by atoms with van der Waals surface area (Å²) in [6, 6.07) is 5.56. The van der Waals surface area contributed by atoms with Crippen molar-refractivity contribution in [3.8, 4) is 0 Å². The molecular formula is C15H21BrFN3S. The van der Waals surface area contributed by atoms with E-state index in [4.69, 9.17) is 0 Å². The van der Waals surface area contributed by atoms with Crippen LogP contribution in [0.5, 0.6) is 0 Å². The van der Waals surface area contributed by atoms with Crippen LogP contribution < -0.4 is 10.6 Å². The Morgan fingerprint density at radius 2 is 2.29 bits per heavy atom. The molecule has 0 saturated heterocycles. The fourth-order valence-electron chi connectivity index (χ4n) is 2.52. The average Bonchev–Trinajstić information content (AvgIpc) is 2.92. The third-order valence-electron chi connectivity index (χ3n) is 3.74. The second-order valence-electron chi connectivity index (χ2n) is 5.17. The summed E-state index contributed by atoms with van der Waals surface area (Å²) in [6.07, 6.45) is 5.74. The summed E-state index contributed by atoms with van der Waals surface area (Å²) in [5.74, 6) is 0.528. The van der Waals surface area contributed by atoms with E-state index in [1.807, 2.05) is 17.8 Å². The second-order valence-corrected chi connectivity index (χ2v) is 7.23. The van der Waals surface area contributed by atoms with Gasteiger partial charge in [-0.25, -0.2) is 4.39 Å². The second kappa shape index (κ2) is 8.03. The molecule has 0 bridgehead atoms. The Morgan fingerprint density at radius 3 is 2.90 bits per heavy atom. The van der Waals surface area contributed by atoms with Crippen molar-refractivity contribution in [3.63, 3.8) is 0 Å². The van der Waals surface area contributed by atoms with E-state index >= 15 is 0 Å². The molecule has 0 aliphatic heterocycles. The number of hydrogen-bond donors (Lipinski definition) is 2. The molecule has 1 aromatic rings. The highest BCUT2D eigenvalue weighted by atomic mass is 79.9. The Kier molecular flexibility index (Phi) is 6.36. The van der Waals surface area contributed by atoms with Crippen LogP contribution in [0, 0.1) is 5.82 Å². The van der Waals surface area contributed by atoms with Crippen LogP contribution in [0.15, 0.2) is 27.7 Å². The SMILES string of the molecule is CN=C(NCc1ccc(Br)cc1F)NC1CCC(SC)C1. The first-order valence-corrected chi connectivity index (χ1v) is 9.14. The zero-order chi connectivity index (χ0) is 15.2. The highest BCUT2D eigenvalue weighted by molar-refractivity contribution is 9.10. The topological polar surface area (TPSA) is 36.4 Å². The molecule has 2 rings (SSSR count). The summed E-state index contributed by atoms with van der Waals surface area (Å²) in [7, 11) is 1.74. The number of hydrogen-bond acceptors (Lipinski definition) is 2. The minimum absolute atomic E-state index is 0.212. The molecule has 116 valence electrons. The Morgan fingerprint density at radius 1 is 1.48 bits per heavy atom. The van der Waals surface area contributed by atoms with Gasteiger partial charge in [0, 0.05) is 34.9 Å². The molecule has 0 aromatic heterocycles. The maximum Gasteiger partial charge on any atom is 0.191 e. The number of benzene rings is 1. The van der Waals surface area contributed by atoms with Gasteiger partial charge in [-0.05, 0) is 37.7 Å². The van der Waals surface area contributed by atoms with Gasteiger partial charge < -0.3 is 10.6 Å². The minimum Gasteiger partial charge on any atom is -0.354 e. The first-order valence-electron chi connectivity index (χ1n) is 7.06. The van der Waals surface area contributed by atoms with E-state index in [2.05, 4.69) is 37.8 Å². The number of aliphatic imine (C=N–C) groups is 1. The normalized spacial score (nSPS) is 22.4. The van der Waals surface area contributed by atoms with E-state index in [0.717, 1.165) is 22.1 Å². The van der Waals surface area contributed by atoms with Crippen LogP contribution in [-0.4, -0.2) is 30.6 Å². The van der Waals surface area contributed by atoms with Crippen molar-refractivity contribution in [1.29, 1.82) is 0 Å². The number of thioether (sulfide) groups is 1. The van der Waals surface area contributed by atoms with E-state index < -0.39 is 0 Å². The van der Waals surface area contributed by atoms with E-state index in [-0.39, 0.29) is 5.82 Å². The molecule has 1 saturated carbocycles. The third-order valence-corrected chi connectivity index (χ3v) is 5.33. The number of nitrogens with one attached hydrogen (secondary N) is 2. The lowest BCUT2D eigenvalue weighted by Crippen LogP contribution is -2.42. The molecule has 0 heterocycles. The van der Waals surface area contributed by atoms with Crippen molar-refractivity contribution in [2.45, 2.75) is 37.1 Å². The van der Waals surface area contributed by atoms with Crippen molar-refractivity contribution in [2.24, 2.45) is 4.99 Å². The molecule has 0 radical (unpaired) electrons. The molecule has 1 aromatic carbocycles. The summed E-state index contributed by atoms with van der Waals surface area (Å²) in [5, 5.41) is 7.35. The van der Waals surface area contributed by atoms with Crippen molar-refractivity contribution in [1.82, 2.24) is 10.6 Å².